The lowest BCUT2D eigenvalue weighted by Gasteiger charge is -2.11. The van der Waals surface area contributed by atoms with Crippen LogP contribution in [0.25, 0.3) is 0 Å². The molecule has 1 aromatic rings. The van der Waals surface area contributed by atoms with Crippen LogP contribution in [0.15, 0.2) is 18.2 Å². The van der Waals surface area contributed by atoms with E-state index in [9.17, 15) is 4.39 Å². The first-order valence-corrected chi connectivity index (χ1v) is 5.09. The molecule has 0 aromatic heterocycles. The quantitative estimate of drug-likeness (QED) is 0.783. The highest BCUT2D eigenvalue weighted by Gasteiger charge is 2.06. The minimum absolute atomic E-state index is 0.0465. The molecule has 0 amide bonds. The van der Waals surface area contributed by atoms with Gasteiger partial charge in [-0.05, 0) is 30.2 Å². The summed E-state index contributed by atoms with van der Waals surface area (Å²) in [6.45, 7) is 2.37. The standard InChI is InChI=1S/C13H13FN2/c1-3-13(4-2)16-9-11-7-12(14)6-5-10(11)8-15/h1,5-7,13,16H,4,9H2,2H3. The fraction of sp³-hybridized carbons (Fsp3) is 0.308. The van der Waals surface area contributed by atoms with Crippen molar-refractivity contribution in [2.75, 3.05) is 0 Å². The van der Waals surface area contributed by atoms with Gasteiger partial charge in [-0.2, -0.15) is 5.26 Å². The summed E-state index contributed by atoms with van der Waals surface area (Å²) in [5.74, 6) is 2.24. The Kier molecular flexibility index (Phi) is 4.51. The molecule has 0 aliphatic rings. The van der Waals surface area contributed by atoms with Crippen molar-refractivity contribution >= 4 is 0 Å². The van der Waals surface area contributed by atoms with Crippen LogP contribution in [0, 0.1) is 29.5 Å². The van der Waals surface area contributed by atoms with Crippen LogP contribution in [0.5, 0.6) is 0 Å². The van der Waals surface area contributed by atoms with Crippen molar-refractivity contribution in [3.8, 4) is 18.4 Å². The van der Waals surface area contributed by atoms with Crippen LogP contribution in [-0.4, -0.2) is 6.04 Å². The van der Waals surface area contributed by atoms with Gasteiger partial charge in [0.25, 0.3) is 0 Å². The fourth-order valence-electron chi connectivity index (χ4n) is 1.37. The van der Waals surface area contributed by atoms with E-state index in [0.29, 0.717) is 17.7 Å². The summed E-state index contributed by atoms with van der Waals surface area (Å²) < 4.78 is 13.0. The first-order chi connectivity index (χ1) is 7.71. The maximum atomic E-state index is 13.0. The largest absolute Gasteiger partial charge is 0.300 e. The van der Waals surface area contributed by atoms with Gasteiger partial charge in [0.05, 0.1) is 17.7 Å². The van der Waals surface area contributed by atoms with E-state index in [4.69, 9.17) is 11.7 Å². The second kappa shape index (κ2) is 5.90. The van der Waals surface area contributed by atoms with E-state index in [0.717, 1.165) is 6.42 Å². The van der Waals surface area contributed by atoms with Crippen LogP contribution < -0.4 is 5.32 Å². The lowest BCUT2D eigenvalue weighted by Crippen LogP contribution is -2.26. The molecule has 0 heterocycles. The van der Waals surface area contributed by atoms with Crippen molar-refractivity contribution < 1.29 is 4.39 Å². The van der Waals surface area contributed by atoms with E-state index in [2.05, 4.69) is 11.2 Å². The van der Waals surface area contributed by atoms with Crippen molar-refractivity contribution in [1.29, 1.82) is 5.26 Å². The molecular weight excluding hydrogens is 203 g/mol. The molecule has 1 unspecified atom stereocenters. The summed E-state index contributed by atoms with van der Waals surface area (Å²) in [4.78, 5) is 0. The van der Waals surface area contributed by atoms with Gasteiger partial charge in [-0.1, -0.05) is 12.8 Å². The second-order valence-corrected chi connectivity index (χ2v) is 3.42. The number of nitriles is 1. The number of rotatable bonds is 4. The molecule has 1 rings (SSSR count). The number of benzene rings is 1. The van der Waals surface area contributed by atoms with Gasteiger partial charge in [0.2, 0.25) is 0 Å². The zero-order valence-electron chi connectivity index (χ0n) is 9.13. The van der Waals surface area contributed by atoms with Crippen LogP contribution in [0.2, 0.25) is 0 Å². The first kappa shape index (κ1) is 12.2. The number of nitrogens with zero attached hydrogens (tertiary/aromatic N) is 1. The molecule has 1 aromatic carbocycles. The van der Waals surface area contributed by atoms with E-state index < -0.39 is 0 Å². The van der Waals surface area contributed by atoms with Crippen LogP contribution in [0.1, 0.15) is 24.5 Å². The number of halogens is 1. The smallest absolute Gasteiger partial charge is 0.123 e. The van der Waals surface area contributed by atoms with Crippen LogP contribution in [-0.2, 0) is 6.54 Å². The molecule has 0 spiro atoms. The van der Waals surface area contributed by atoms with Gasteiger partial charge < -0.3 is 0 Å². The number of hydrogen-bond donors (Lipinski definition) is 1. The predicted molar refractivity (Wildman–Crippen MR) is 60.9 cm³/mol. The zero-order chi connectivity index (χ0) is 12.0. The third-order valence-electron chi connectivity index (χ3n) is 2.34. The van der Waals surface area contributed by atoms with Crippen LogP contribution in [0.4, 0.5) is 4.39 Å². The Hall–Kier alpha value is -1.84. The number of hydrogen-bond acceptors (Lipinski definition) is 2. The molecule has 0 aliphatic heterocycles. The van der Waals surface area contributed by atoms with E-state index in [1.165, 1.54) is 18.2 Å². The highest BCUT2D eigenvalue weighted by molar-refractivity contribution is 5.37. The third-order valence-corrected chi connectivity index (χ3v) is 2.34. The highest BCUT2D eigenvalue weighted by Crippen LogP contribution is 2.10. The number of terminal acetylenes is 1. The molecule has 1 N–H and O–H groups in total. The number of nitrogens with one attached hydrogen (secondary N) is 1. The minimum atomic E-state index is -0.343. The predicted octanol–water partition coefficient (Wildman–Crippen LogP) is 2.20. The molecule has 1 atom stereocenters. The Morgan fingerprint density at radius 2 is 2.31 bits per heavy atom. The highest BCUT2D eigenvalue weighted by atomic mass is 19.1. The molecule has 0 saturated heterocycles. The lowest BCUT2D eigenvalue weighted by molar-refractivity contribution is 0.584. The minimum Gasteiger partial charge on any atom is -0.300 e. The van der Waals surface area contributed by atoms with Gasteiger partial charge in [0.15, 0.2) is 0 Å². The van der Waals surface area contributed by atoms with E-state index in [1.807, 2.05) is 13.0 Å². The molecular formula is C13H13FN2. The van der Waals surface area contributed by atoms with Crippen LogP contribution in [0.3, 0.4) is 0 Å². The Morgan fingerprint density at radius 3 is 2.88 bits per heavy atom. The topological polar surface area (TPSA) is 35.8 Å². The molecule has 0 bridgehead atoms. The summed E-state index contributed by atoms with van der Waals surface area (Å²) in [6, 6.07) is 6.09. The summed E-state index contributed by atoms with van der Waals surface area (Å²) in [6.07, 6.45) is 6.10. The van der Waals surface area contributed by atoms with E-state index >= 15 is 0 Å². The van der Waals surface area contributed by atoms with Crippen LogP contribution >= 0.6 is 0 Å². The average Bonchev–Trinajstić information content (AvgIpc) is 2.30. The summed E-state index contributed by atoms with van der Waals surface area (Å²) in [5.41, 5.74) is 1.11. The Bertz CT molecular complexity index is 440. The van der Waals surface area contributed by atoms with Gasteiger partial charge in [0.1, 0.15) is 5.82 Å². The fourth-order valence-corrected chi connectivity index (χ4v) is 1.37. The third kappa shape index (κ3) is 3.08. The van der Waals surface area contributed by atoms with Crippen molar-refractivity contribution in [2.45, 2.75) is 25.9 Å². The molecule has 3 heteroatoms. The monoisotopic (exact) mass is 216 g/mol. The zero-order valence-corrected chi connectivity index (χ0v) is 9.13. The Morgan fingerprint density at radius 1 is 1.56 bits per heavy atom. The van der Waals surface area contributed by atoms with Crippen molar-refractivity contribution in [3.63, 3.8) is 0 Å². The van der Waals surface area contributed by atoms with E-state index in [1.54, 1.807) is 0 Å². The molecule has 0 radical (unpaired) electrons. The summed E-state index contributed by atoms with van der Waals surface area (Å²) >= 11 is 0. The Balaban J connectivity index is 2.77. The SMILES string of the molecule is C#CC(CC)NCc1cc(F)ccc1C#N. The molecule has 0 fully saturated rings. The van der Waals surface area contributed by atoms with Crippen molar-refractivity contribution in [3.05, 3.63) is 35.1 Å². The second-order valence-electron chi connectivity index (χ2n) is 3.42. The van der Waals surface area contributed by atoms with Gasteiger partial charge in [-0.25, -0.2) is 4.39 Å². The van der Waals surface area contributed by atoms with Gasteiger partial charge in [-0.15, -0.1) is 6.42 Å². The van der Waals surface area contributed by atoms with Gasteiger partial charge >= 0.3 is 0 Å². The maximum absolute atomic E-state index is 13.0. The molecule has 0 saturated carbocycles. The summed E-state index contributed by atoms with van der Waals surface area (Å²) in [5, 5.41) is 11.9. The first-order valence-electron chi connectivity index (χ1n) is 5.09. The van der Waals surface area contributed by atoms with Gasteiger partial charge in [-0.3, -0.25) is 5.32 Å². The van der Waals surface area contributed by atoms with Gasteiger partial charge in [0, 0.05) is 6.54 Å². The average molecular weight is 216 g/mol. The normalized spacial score (nSPS) is 11.5. The lowest BCUT2D eigenvalue weighted by atomic mass is 10.1. The molecule has 82 valence electrons. The molecule has 2 nitrogen and oxygen atoms in total. The maximum Gasteiger partial charge on any atom is 0.123 e. The Labute approximate surface area is 95.1 Å². The summed E-state index contributed by atoms with van der Waals surface area (Å²) in [7, 11) is 0. The van der Waals surface area contributed by atoms with E-state index in [-0.39, 0.29) is 11.9 Å². The van der Waals surface area contributed by atoms with Crippen molar-refractivity contribution in [2.24, 2.45) is 0 Å². The molecule has 16 heavy (non-hydrogen) atoms. The van der Waals surface area contributed by atoms with Crippen molar-refractivity contribution in [1.82, 2.24) is 5.32 Å². The molecule has 0 aliphatic carbocycles.